The maximum Gasteiger partial charge on any atom is 0.510 e. The highest BCUT2D eigenvalue weighted by atomic mass is 31.2. The summed E-state index contributed by atoms with van der Waals surface area (Å²) in [6.07, 6.45) is 3.23. The van der Waals surface area contributed by atoms with Crippen LogP contribution in [0, 0.1) is 0 Å². The number of nitrogens with two attached hydrogens (primary N) is 1. The third-order valence-corrected chi connectivity index (χ3v) is 4.46. The standard InChI is InChI=1S/C16H14N3O3P/c17-23(20,21-15-9-18-13-7-3-1-5-11(13)15)22-16-10-19-14-8-4-2-6-12(14)16/h1-10,18-19H,(H2,17,20). The first-order chi connectivity index (χ1) is 11.1. The molecular formula is C16H14N3O3P. The van der Waals surface area contributed by atoms with E-state index in [0.717, 1.165) is 21.8 Å². The Morgan fingerprint density at radius 3 is 1.70 bits per heavy atom. The highest BCUT2D eigenvalue weighted by Crippen LogP contribution is 2.44. The van der Waals surface area contributed by atoms with Crippen molar-refractivity contribution in [1.29, 1.82) is 0 Å². The molecule has 0 saturated heterocycles. The molecule has 0 saturated carbocycles. The first-order valence-corrected chi connectivity index (χ1v) is 8.64. The Hall–Kier alpha value is -2.69. The molecule has 0 fully saturated rings. The number of aromatic nitrogens is 2. The van der Waals surface area contributed by atoms with Gasteiger partial charge in [0.25, 0.3) is 0 Å². The molecule has 0 aliphatic rings. The fourth-order valence-electron chi connectivity index (χ4n) is 2.53. The number of hydrogen-bond donors (Lipinski definition) is 3. The Balaban J connectivity index is 1.64. The molecule has 0 atom stereocenters. The van der Waals surface area contributed by atoms with Gasteiger partial charge in [-0.25, -0.2) is 10.1 Å². The first kappa shape index (κ1) is 13.9. The molecule has 116 valence electrons. The van der Waals surface area contributed by atoms with Crippen molar-refractivity contribution in [3.63, 3.8) is 0 Å². The van der Waals surface area contributed by atoms with E-state index in [9.17, 15) is 4.57 Å². The molecule has 6 nitrogen and oxygen atoms in total. The predicted octanol–water partition coefficient (Wildman–Crippen LogP) is 4.17. The van der Waals surface area contributed by atoms with Gasteiger partial charge in [0.15, 0.2) is 11.5 Å². The molecule has 2 heterocycles. The molecule has 0 radical (unpaired) electrons. The number of nitrogens with one attached hydrogen (secondary N) is 2. The molecule has 4 N–H and O–H groups in total. The Morgan fingerprint density at radius 1 is 0.783 bits per heavy atom. The molecule has 0 unspecified atom stereocenters. The highest BCUT2D eigenvalue weighted by Gasteiger charge is 2.25. The molecule has 7 heteroatoms. The van der Waals surface area contributed by atoms with Crippen LogP contribution in [0.2, 0.25) is 0 Å². The Labute approximate surface area is 131 Å². The summed E-state index contributed by atoms with van der Waals surface area (Å²) < 4.78 is 23.4. The summed E-state index contributed by atoms with van der Waals surface area (Å²) in [4.78, 5) is 6.07. The monoisotopic (exact) mass is 327 g/mol. The predicted molar refractivity (Wildman–Crippen MR) is 89.6 cm³/mol. The van der Waals surface area contributed by atoms with E-state index in [0.29, 0.717) is 11.5 Å². The van der Waals surface area contributed by atoms with Crippen LogP contribution in [0.4, 0.5) is 0 Å². The van der Waals surface area contributed by atoms with E-state index in [4.69, 9.17) is 14.6 Å². The maximum absolute atomic E-state index is 12.5. The molecule has 23 heavy (non-hydrogen) atoms. The van der Waals surface area contributed by atoms with Gasteiger partial charge in [0.1, 0.15) is 0 Å². The van der Waals surface area contributed by atoms with Gasteiger partial charge in [-0.3, -0.25) is 0 Å². The molecule has 2 aromatic heterocycles. The second-order valence-electron chi connectivity index (χ2n) is 5.12. The van der Waals surface area contributed by atoms with Crippen molar-refractivity contribution in [1.82, 2.24) is 9.97 Å². The quantitative estimate of drug-likeness (QED) is 0.490. The van der Waals surface area contributed by atoms with Gasteiger partial charge in [-0.05, 0) is 24.3 Å². The van der Waals surface area contributed by atoms with Gasteiger partial charge in [0, 0.05) is 34.2 Å². The molecule has 0 amide bonds. The van der Waals surface area contributed by atoms with Gasteiger partial charge in [0.05, 0.1) is 0 Å². The highest BCUT2D eigenvalue weighted by molar-refractivity contribution is 7.52. The lowest BCUT2D eigenvalue weighted by molar-refractivity contribution is 0.390. The molecule has 2 aromatic carbocycles. The Kier molecular flexibility index (Phi) is 3.15. The summed E-state index contributed by atoms with van der Waals surface area (Å²) in [7, 11) is -3.82. The zero-order chi connectivity index (χ0) is 15.9. The normalized spacial score (nSPS) is 11.9. The maximum atomic E-state index is 12.5. The lowest BCUT2D eigenvalue weighted by Gasteiger charge is -2.14. The van der Waals surface area contributed by atoms with E-state index in [2.05, 4.69) is 9.97 Å². The van der Waals surface area contributed by atoms with Crippen molar-refractivity contribution in [3.05, 3.63) is 60.9 Å². The fraction of sp³-hybridized carbons (Fsp3) is 0. The Morgan fingerprint density at radius 2 is 1.22 bits per heavy atom. The average Bonchev–Trinajstić information content (AvgIpc) is 3.12. The van der Waals surface area contributed by atoms with E-state index >= 15 is 0 Å². The largest absolute Gasteiger partial charge is 0.510 e. The molecule has 0 aliphatic carbocycles. The lowest BCUT2D eigenvalue weighted by atomic mass is 10.2. The molecule has 0 aliphatic heterocycles. The van der Waals surface area contributed by atoms with E-state index in [1.807, 2.05) is 48.5 Å². The van der Waals surface area contributed by atoms with Crippen LogP contribution in [0.1, 0.15) is 0 Å². The van der Waals surface area contributed by atoms with E-state index in [1.165, 1.54) is 0 Å². The second kappa shape index (κ2) is 5.19. The zero-order valence-electron chi connectivity index (χ0n) is 12.0. The second-order valence-corrected chi connectivity index (χ2v) is 6.56. The van der Waals surface area contributed by atoms with Crippen LogP contribution in [0.3, 0.4) is 0 Å². The molecule has 0 bridgehead atoms. The molecule has 0 spiro atoms. The van der Waals surface area contributed by atoms with E-state index in [-0.39, 0.29) is 0 Å². The third kappa shape index (κ3) is 2.59. The van der Waals surface area contributed by atoms with Crippen LogP contribution in [-0.2, 0) is 4.57 Å². The number of H-pyrrole nitrogens is 2. The van der Waals surface area contributed by atoms with Crippen LogP contribution in [0.15, 0.2) is 60.9 Å². The summed E-state index contributed by atoms with van der Waals surface area (Å²) >= 11 is 0. The number of rotatable bonds is 4. The van der Waals surface area contributed by atoms with Crippen LogP contribution in [0.5, 0.6) is 11.5 Å². The van der Waals surface area contributed by atoms with Crippen molar-refractivity contribution in [2.45, 2.75) is 0 Å². The minimum Gasteiger partial charge on any atom is -0.402 e. The van der Waals surface area contributed by atoms with Gasteiger partial charge in [-0.2, -0.15) is 0 Å². The molecule has 4 rings (SSSR count). The van der Waals surface area contributed by atoms with Crippen molar-refractivity contribution < 1.29 is 13.6 Å². The average molecular weight is 327 g/mol. The minimum atomic E-state index is -3.82. The van der Waals surface area contributed by atoms with E-state index < -0.39 is 7.75 Å². The summed E-state index contributed by atoms with van der Waals surface area (Å²) in [5, 5.41) is 1.58. The Bertz CT molecular complexity index is 957. The minimum absolute atomic E-state index is 0.395. The fourth-order valence-corrected chi connectivity index (χ4v) is 3.42. The number of hydrogen-bond acceptors (Lipinski definition) is 3. The smallest absolute Gasteiger partial charge is 0.402 e. The molecule has 4 aromatic rings. The van der Waals surface area contributed by atoms with Crippen LogP contribution >= 0.6 is 7.75 Å². The van der Waals surface area contributed by atoms with Crippen molar-refractivity contribution in [3.8, 4) is 11.5 Å². The van der Waals surface area contributed by atoms with Gasteiger partial charge < -0.3 is 19.0 Å². The summed E-state index contributed by atoms with van der Waals surface area (Å²) in [5.41, 5.74) is 7.50. The van der Waals surface area contributed by atoms with Gasteiger partial charge >= 0.3 is 7.75 Å². The summed E-state index contributed by atoms with van der Waals surface area (Å²) in [6, 6.07) is 15.0. The van der Waals surface area contributed by atoms with Crippen LogP contribution in [0.25, 0.3) is 21.8 Å². The summed E-state index contributed by atoms with van der Waals surface area (Å²) in [6.45, 7) is 0. The first-order valence-electron chi connectivity index (χ1n) is 7.02. The van der Waals surface area contributed by atoms with Crippen LogP contribution < -0.4 is 14.6 Å². The summed E-state index contributed by atoms with van der Waals surface area (Å²) in [5.74, 6) is 0.789. The number of para-hydroxylation sites is 2. The van der Waals surface area contributed by atoms with Gasteiger partial charge in [-0.1, -0.05) is 24.3 Å². The SMILES string of the molecule is NP(=O)(Oc1c[nH]c2ccccc12)Oc1c[nH]c2ccccc12. The van der Waals surface area contributed by atoms with Crippen molar-refractivity contribution in [2.24, 2.45) is 5.50 Å². The van der Waals surface area contributed by atoms with Gasteiger partial charge in [0.2, 0.25) is 0 Å². The lowest BCUT2D eigenvalue weighted by Crippen LogP contribution is -2.08. The van der Waals surface area contributed by atoms with Crippen LogP contribution in [-0.4, -0.2) is 9.97 Å². The van der Waals surface area contributed by atoms with Crippen molar-refractivity contribution >= 4 is 29.6 Å². The van der Waals surface area contributed by atoms with Gasteiger partial charge in [-0.15, -0.1) is 0 Å². The van der Waals surface area contributed by atoms with E-state index in [1.54, 1.807) is 12.4 Å². The molecular weight excluding hydrogens is 313 g/mol. The third-order valence-electron chi connectivity index (χ3n) is 3.55. The zero-order valence-corrected chi connectivity index (χ0v) is 12.9. The topological polar surface area (TPSA) is 93.1 Å². The van der Waals surface area contributed by atoms with Crippen molar-refractivity contribution in [2.75, 3.05) is 0 Å². The number of aromatic amines is 2. The number of benzene rings is 2. The number of fused-ring (bicyclic) bond motifs is 2.